The smallest absolute Gasteiger partial charge is 0.233 e. The number of ether oxygens (including phenoxy) is 1. The fourth-order valence-electron chi connectivity index (χ4n) is 2.59. The van der Waals surface area contributed by atoms with Crippen LogP contribution in [-0.4, -0.2) is 29.4 Å². The molecule has 2 unspecified atom stereocenters. The maximum Gasteiger partial charge on any atom is 0.233 e. The second-order valence-electron chi connectivity index (χ2n) is 5.78. The van der Waals surface area contributed by atoms with Gasteiger partial charge < -0.3 is 15.0 Å². The Balaban J connectivity index is 1.74. The highest BCUT2D eigenvalue weighted by atomic mass is 16.5. The third-order valence-electron chi connectivity index (χ3n) is 4.14. The third kappa shape index (κ3) is 3.14. The molecule has 0 aliphatic carbocycles. The molecule has 5 nitrogen and oxygen atoms in total. The van der Waals surface area contributed by atoms with Gasteiger partial charge in [0.1, 0.15) is 0 Å². The summed E-state index contributed by atoms with van der Waals surface area (Å²) in [4.78, 5) is 4.49. The highest BCUT2D eigenvalue weighted by Crippen LogP contribution is 2.23. The molecule has 1 aromatic heterocycles. The van der Waals surface area contributed by atoms with Crippen LogP contribution in [0, 0.1) is 13.8 Å². The zero-order valence-electron chi connectivity index (χ0n) is 12.5. The van der Waals surface area contributed by atoms with E-state index in [0.717, 1.165) is 6.42 Å². The zero-order valence-corrected chi connectivity index (χ0v) is 12.5. The topological polar surface area (TPSA) is 74.2 Å². The minimum absolute atomic E-state index is 0.0137. The van der Waals surface area contributed by atoms with Crippen LogP contribution in [0.1, 0.15) is 40.7 Å². The Morgan fingerprint density at radius 3 is 2.90 bits per heavy atom. The van der Waals surface area contributed by atoms with Crippen LogP contribution in [0.3, 0.4) is 0 Å². The second-order valence-corrected chi connectivity index (χ2v) is 5.78. The number of hydrogen-bond donors (Lipinski definition) is 1. The molecule has 2 heterocycles. The van der Waals surface area contributed by atoms with Gasteiger partial charge in [-0.25, -0.2) is 0 Å². The lowest BCUT2D eigenvalue weighted by Crippen LogP contribution is -2.37. The van der Waals surface area contributed by atoms with Crippen LogP contribution in [0.4, 0.5) is 0 Å². The highest BCUT2D eigenvalue weighted by molar-refractivity contribution is 5.31. The fourth-order valence-corrected chi connectivity index (χ4v) is 2.59. The zero-order chi connectivity index (χ0) is 14.8. The van der Waals surface area contributed by atoms with Crippen LogP contribution in [-0.2, 0) is 11.2 Å². The van der Waals surface area contributed by atoms with Gasteiger partial charge in [0.05, 0.1) is 12.5 Å². The number of rotatable bonds is 3. The molecule has 1 aliphatic heterocycles. The van der Waals surface area contributed by atoms with E-state index in [9.17, 15) is 0 Å². The van der Waals surface area contributed by atoms with E-state index in [1.165, 1.54) is 16.7 Å². The van der Waals surface area contributed by atoms with Crippen molar-refractivity contribution in [3.8, 4) is 0 Å². The van der Waals surface area contributed by atoms with Crippen molar-refractivity contribution in [1.29, 1.82) is 0 Å². The summed E-state index contributed by atoms with van der Waals surface area (Å²) in [6.45, 7) is 5.49. The van der Waals surface area contributed by atoms with Crippen LogP contribution in [0.2, 0.25) is 0 Å². The van der Waals surface area contributed by atoms with Crippen molar-refractivity contribution in [1.82, 2.24) is 10.1 Å². The quantitative estimate of drug-likeness (QED) is 0.936. The Labute approximate surface area is 124 Å². The molecule has 0 saturated carbocycles. The number of hydrogen-bond acceptors (Lipinski definition) is 5. The SMILES string of the molecule is Cc1ccc(Cc2noc(C3COCCC3N)n2)cc1C. The average Bonchev–Trinajstić information content (AvgIpc) is 2.92. The first kappa shape index (κ1) is 14.2. The van der Waals surface area contributed by atoms with E-state index >= 15 is 0 Å². The molecule has 0 spiro atoms. The van der Waals surface area contributed by atoms with Crippen molar-refractivity contribution in [3.05, 3.63) is 46.6 Å². The molecule has 3 rings (SSSR count). The van der Waals surface area contributed by atoms with Crippen molar-refractivity contribution in [2.45, 2.75) is 38.6 Å². The van der Waals surface area contributed by atoms with Crippen LogP contribution >= 0.6 is 0 Å². The lowest BCUT2D eigenvalue weighted by Gasteiger charge is -2.25. The molecular weight excluding hydrogens is 266 g/mol. The minimum atomic E-state index is 0.0137. The monoisotopic (exact) mass is 287 g/mol. The third-order valence-corrected chi connectivity index (χ3v) is 4.14. The lowest BCUT2D eigenvalue weighted by molar-refractivity contribution is 0.0590. The maximum atomic E-state index is 6.10. The highest BCUT2D eigenvalue weighted by Gasteiger charge is 2.29. The summed E-state index contributed by atoms with van der Waals surface area (Å²) in [5.41, 5.74) is 9.86. The van der Waals surface area contributed by atoms with E-state index in [0.29, 0.717) is 31.3 Å². The van der Waals surface area contributed by atoms with E-state index in [-0.39, 0.29) is 12.0 Å². The predicted molar refractivity (Wildman–Crippen MR) is 79.2 cm³/mol. The Hall–Kier alpha value is -1.72. The molecule has 1 aromatic carbocycles. The summed E-state index contributed by atoms with van der Waals surface area (Å²) in [5, 5.41) is 4.08. The predicted octanol–water partition coefficient (Wildman–Crippen LogP) is 2.11. The van der Waals surface area contributed by atoms with Gasteiger partial charge in [0.15, 0.2) is 5.82 Å². The van der Waals surface area contributed by atoms with Crippen molar-refractivity contribution >= 4 is 0 Å². The summed E-state index contributed by atoms with van der Waals surface area (Å²) in [7, 11) is 0. The first-order chi connectivity index (χ1) is 10.1. The fraction of sp³-hybridized carbons (Fsp3) is 0.500. The van der Waals surface area contributed by atoms with Gasteiger partial charge >= 0.3 is 0 Å². The Morgan fingerprint density at radius 1 is 1.29 bits per heavy atom. The standard InChI is InChI=1S/C16H21N3O2/c1-10-3-4-12(7-11(10)2)8-15-18-16(21-19-15)13-9-20-6-5-14(13)17/h3-4,7,13-14H,5-6,8-9,17H2,1-2H3. The molecule has 2 aromatic rings. The van der Waals surface area contributed by atoms with E-state index in [1.54, 1.807) is 0 Å². The number of benzene rings is 1. The number of nitrogens with zero attached hydrogens (tertiary/aromatic N) is 2. The van der Waals surface area contributed by atoms with Gasteiger partial charge in [-0.2, -0.15) is 4.98 Å². The number of aromatic nitrogens is 2. The van der Waals surface area contributed by atoms with Crippen molar-refractivity contribution in [3.63, 3.8) is 0 Å². The number of nitrogens with two attached hydrogens (primary N) is 1. The largest absolute Gasteiger partial charge is 0.381 e. The Morgan fingerprint density at radius 2 is 2.14 bits per heavy atom. The van der Waals surface area contributed by atoms with Gasteiger partial charge in [-0.15, -0.1) is 0 Å². The van der Waals surface area contributed by atoms with Crippen LogP contribution < -0.4 is 5.73 Å². The summed E-state index contributed by atoms with van der Waals surface area (Å²) in [6.07, 6.45) is 1.51. The lowest BCUT2D eigenvalue weighted by atomic mass is 9.97. The minimum Gasteiger partial charge on any atom is -0.381 e. The second kappa shape index (κ2) is 5.95. The summed E-state index contributed by atoms with van der Waals surface area (Å²) in [6, 6.07) is 6.43. The molecule has 0 radical (unpaired) electrons. The molecule has 5 heteroatoms. The Kier molecular flexibility index (Phi) is 4.03. The van der Waals surface area contributed by atoms with Crippen molar-refractivity contribution in [2.75, 3.05) is 13.2 Å². The molecule has 0 bridgehead atoms. The number of aryl methyl sites for hydroxylation is 2. The molecular formula is C16H21N3O2. The van der Waals surface area contributed by atoms with Gasteiger partial charge in [0.2, 0.25) is 5.89 Å². The summed E-state index contributed by atoms with van der Waals surface area (Å²) >= 11 is 0. The van der Waals surface area contributed by atoms with Crippen molar-refractivity contribution in [2.24, 2.45) is 5.73 Å². The molecule has 1 saturated heterocycles. The van der Waals surface area contributed by atoms with Crippen LogP contribution in [0.15, 0.2) is 22.7 Å². The van der Waals surface area contributed by atoms with E-state index in [4.69, 9.17) is 15.0 Å². The summed E-state index contributed by atoms with van der Waals surface area (Å²) < 4.78 is 10.8. The molecule has 1 fully saturated rings. The van der Waals surface area contributed by atoms with E-state index in [1.807, 2.05) is 0 Å². The van der Waals surface area contributed by atoms with Crippen molar-refractivity contribution < 1.29 is 9.26 Å². The van der Waals surface area contributed by atoms with Gasteiger partial charge in [-0.3, -0.25) is 0 Å². The normalized spacial score (nSPS) is 22.4. The van der Waals surface area contributed by atoms with Gasteiger partial charge in [-0.1, -0.05) is 23.4 Å². The van der Waals surface area contributed by atoms with Gasteiger partial charge in [0, 0.05) is 19.1 Å². The molecule has 0 amide bonds. The van der Waals surface area contributed by atoms with Crippen LogP contribution in [0.5, 0.6) is 0 Å². The first-order valence-corrected chi connectivity index (χ1v) is 7.35. The molecule has 1 aliphatic rings. The summed E-state index contributed by atoms with van der Waals surface area (Å²) in [5.74, 6) is 1.31. The Bertz CT molecular complexity index is 624. The maximum absolute atomic E-state index is 6.10. The van der Waals surface area contributed by atoms with Gasteiger partial charge in [-0.05, 0) is 37.0 Å². The molecule has 112 valence electrons. The molecule has 2 atom stereocenters. The molecule has 21 heavy (non-hydrogen) atoms. The molecule has 2 N–H and O–H groups in total. The first-order valence-electron chi connectivity index (χ1n) is 7.35. The van der Waals surface area contributed by atoms with E-state index < -0.39 is 0 Å². The average molecular weight is 287 g/mol. The van der Waals surface area contributed by atoms with Gasteiger partial charge in [0.25, 0.3) is 0 Å². The van der Waals surface area contributed by atoms with E-state index in [2.05, 4.69) is 42.2 Å². The van der Waals surface area contributed by atoms with Crippen LogP contribution in [0.25, 0.3) is 0 Å².